The maximum Gasteiger partial charge on any atom is 0.282 e. The lowest BCUT2D eigenvalue weighted by atomic mass is 10.1. The Kier molecular flexibility index (Phi) is 4.59. The van der Waals surface area contributed by atoms with Crippen molar-refractivity contribution in [2.75, 3.05) is 24.6 Å². The van der Waals surface area contributed by atoms with Gasteiger partial charge in [0.15, 0.2) is 5.65 Å². The molecule has 0 unspecified atom stereocenters. The fraction of sp³-hybridized carbons (Fsp3) is 0.474. The summed E-state index contributed by atoms with van der Waals surface area (Å²) in [5.41, 5.74) is 1.19. The van der Waals surface area contributed by atoms with Crippen molar-refractivity contribution in [1.82, 2.24) is 24.6 Å². The van der Waals surface area contributed by atoms with E-state index in [0.29, 0.717) is 41.9 Å². The maximum atomic E-state index is 13.1. The zero-order valence-electron chi connectivity index (χ0n) is 15.5. The predicted octanol–water partition coefficient (Wildman–Crippen LogP) is 2.10. The Labute approximate surface area is 165 Å². The third-order valence-electron chi connectivity index (χ3n) is 5.39. The number of aromatic nitrogens is 5. The topological polar surface area (TPSA) is 88.7 Å². The lowest BCUT2D eigenvalue weighted by molar-refractivity contribution is -0.0596. The number of halogens is 2. The van der Waals surface area contributed by atoms with Crippen LogP contribution in [-0.4, -0.2) is 61.6 Å². The maximum absolute atomic E-state index is 13.1. The van der Waals surface area contributed by atoms with Crippen LogP contribution in [0.3, 0.4) is 0 Å². The number of fused-ring (bicyclic) bond motifs is 1. The van der Waals surface area contributed by atoms with Crippen LogP contribution in [0.2, 0.25) is 0 Å². The first-order chi connectivity index (χ1) is 14.1. The summed E-state index contributed by atoms with van der Waals surface area (Å²) in [4.78, 5) is 15.0. The van der Waals surface area contributed by atoms with Crippen molar-refractivity contribution < 1.29 is 18.6 Å². The van der Waals surface area contributed by atoms with Crippen LogP contribution in [0.1, 0.15) is 25.0 Å². The minimum atomic E-state index is -2.67. The molecule has 1 N–H and O–H groups in total. The first kappa shape index (κ1) is 18.3. The molecule has 3 aromatic heterocycles. The highest BCUT2D eigenvalue weighted by Crippen LogP contribution is 2.37. The predicted molar refractivity (Wildman–Crippen MR) is 99.7 cm³/mol. The second kappa shape index (κ2) is 7.27. The molecule has 1 saturated heterocycles. The van der Waals surface area contributed by atoms with Gasteiger partial charge in [-0.3, -0.25) is 0 Å². The highest BCUT2D eigenvalue weighted by Gasteiger charge is 2.38. The highest BCUT2D eigenvalue weighted by molar-refractivity contribution is 5.62. The fourth-order valence-corrected chi connectivity index (χ4v) is 3.73. The van der Waals surface area contributed by atoms with E-state index in [0.717, 1.165) is 12.8 Å². The first-order valence-corrected chi connectivity index (χ1v) is 9.59. The molecule has 0 aromatic carbocycles. The quantitative estimate of drug-likeness (QED) is 0.699. The molecule has 1 saturated carbocycles. The van der Waals surface area contributed by atoms with Gasteiger partial charge in [-0.15, -0.1) is 0 Å². The molecule has 1 aliphatic heterocycles. The molecule has 1 aliphatic carbocycles. The molecule has 2 fully saturated rings. The molecule has 0 amide bonds. The van der Waals surface area contributed by atoms with Crippen molar-refractivity contribution in [3.63, 3.8) is 0 Å². The molecular weight excluding hydrogens is 382 g/mol. The number of rotatable bonds is 5. The number of imidazole rings is 1. The number of hydrogen-bond acceptors (Lipinski definition) is 7. The van der Waals surface area contributed by atoms with Crippen LogP contribution in [-0.2, 0) is 4.74 Å². The van der Waals surface area contributed by atoms with Crippen molar-refractivity contribution in [1.29, 1.82) is 0 Å². The fourth-order valence-electron chi connectivity index (χ4n) is 3.73. The van der Waals surface area contributed by atoms with E-state index >= 15 is 0 Å². The van der Waals surface area contributed by atoms with Gasteiger partial charge >= 0.3 is 0 Å². The number of ether oxygens (including phenoxy) is 1. The number of anilines is 1. The Morgan fingerprint density at radius 3 is 2.79 bits per heavy atom. The van der Waals surface area contributed by atoms with Crippen LogP contribution >= 0.6 is 0 Å². The number of nitrogens with zero attached hydrogens (tertiary/aromatic N) is 6. The molecule has 152 valence electrons. The Balaban J connectivity index is 1.48. The number of morpholine rings is 1. The minimum Gasteiger partial charge on any atom is -0.394 e. The van der Waals surface area contributed by atoms with Gasteiger partial charge in [-0.2, -0.15) is 5.10 Å². The molecular formula is C19H20F2N6O2. The van der Waals surface area contributed by atoms with E-state index in [2.05, 4.69) is 25.0 Å². The molecule has 10 heteroatoms. The van der Waals surface area contributed by atoms with Crippen LogP contribution in [0.15, 0.2) is 30.7 Å². The number of hydrogen-bond donors (Lipinski definition) is 1. The van der Waals surface area contributed by atoms with Gasteiger partial charge in [0.2, 0.25) is 0 Å². The monoisotopic (exact) mass is 402 g/mol. The van der Waals surface area contributed by atoms with Crippen LogP contribution in [0.5, 0.6) is 0 Å². The Morgan fingerprint density at radius 1 is 1.17 bits per heavy atom. The van der Waals surface area contributed by atoms with E-state index in [1.807, 2.05) is 0 Å². The molecule has 29 heavy (non-hydrogen) atoms. The second-order valence-corrected chi connectivity index (χ2v) is 7.46. The average Bonchev–Trinajstić information content (AvgIpc) is 3.52. The molecule has 3 aromatic rings. The first-order valence-electron chi connectivity index (χ1n) is 9.59. The summed E-state index contributed by atoms with van der Waals surface area (Å²) in [6, 6.07) is 4.57. The Morgan fingerprint density at radius 2 is 2.03 bits per heavy atom. The number of aliphatic hydroxyl groups excluding tert-OH is 1. The second-order valence-electron chi connectivity index (χ2n) is 7.46. The van der Waals surface area contributed by atoms with Gasteiger partial charge in [0.05, 0.1) is 30.7 Å². The van der Waals surface area contributed by atoms with Gasteiger partial charge in [0.1, 0.15) is 23.5 Å². The van der Waals surface area contributed by atoms with Crippen LogP contribution in [0, 0.1) is 5.92 Å². The van der Waals surface area contributed by atoms with E-state index in [9.17, 15) is 13.9 Å². The van der Waals surface area contributed by atoms with Gasteiger partial charge in [-0.25, -0.2) is 28.2 Å². The zero-order chi connectivity index (χ0) is 20.0. The standard InChI is InChI=1S/C19H20F2N6O2/c20-19(21)13-3-4-17-22-6-15(27(17)25-13)14-5-18(24-10-23-14)26-7-12(9-28)29-16(8-26)11-1-2-11/h3-6,10-12,16,19,28H,1-2,7-9H2/t12-,16+/m0/s1. The third kappa shape index (κ3) is 3.53. The normalized spacial score (nSPS) is 22.6. The SMILES string of the molecule is OC[C@@H]1CN(c2cc(-c3cnc4ccc(C(F)F)nn34)ncn2)C[C@H](C2CC2)O1. The van der Waals surface area contributed by atoms with Crippen LogP contribution in [0.4, 0.5) is 14.6 Å². The molecule has 0 spiro atoms. The van der Waals surface area contributed by atoms with Gasteiger partial charge in [-0.1, -0.05) is 0 Å². The van der Waals surface area contributed by atoms with E-state index in [-0.39, 0.29) is 24.5 Å². The van der Waals surface area contributed by atoms with Crippen LogP contribution < -0.4 is 4.90 Å². The molecule has 5 rings (SSSR count). The number of aliphatic hydroxyl groups is 1. The molecule has 4 heterocycles. The smallest absolute Gasteiger partial charge is 0.282 e. The zero-order valence-corrected chi connectivity index (χ0v) is 15.5. The highest BCUT2D eigenvalue weighted by atomic mass is 19.3. The summed E-state index contributed by atoms with van der Waals surface area (Å²) < 4.78 is 33.5. The summed E-state index contributed by atoms with van der Waals surface area (Å²) in [6.45, 7) is 1.17. The van der Waals surface area contributed by atoms with E-state index in [1.54, 1.807) is 12.3 Å². The molecule has 0 radical (unpaired) electrons. The van der Waals surface area contributed by atoms with Crippen molar-refractivity contribution in [2.45, 2.75) is 31.5 Å². The number of alkyl halides is 2. The molecule has 0 bridgehead atoms. The molecule has 2 aliphatic rings. The lowest BCUT2D eigenvalue weighted by Crippen LogP contribution is -2.50. The lowest BCUT2D eigenvalue weighted by Gasteiger charge is -2.38. The van der Waals surface area contributed by atoms with Gasteiger partial charge < -0.3 is 14.7 Å². The summed E-state index contributed by atoms with van der Waals surface area (Å²) in [5, 5.41) is 13.6. The summed E-state index contributed by atoms with van der Waals surface area (Å²) in [5.74, 6) is 1.23. The largest absolute Gasteiger partial charge is 0.394 e. The molecule has 8 nitrogen and oxygen atoms in total. The Hall–Kier alpha value is -2.72. The van der Waals surface area contributed by atoms with Gasteiger partial charge in [0.25, 0.3) is 6.43 Å². The van der Waals surface area contributed by atoms with Crippen molar-refractivity contribution in [2.24, 2.45) is 5.92 Å². The van der Waals surface area contributed by atoms with Crippen molar-refractivity contribution >= 4 is 11.5 Å². The van der Waals surface area contributed by atoms with E-state index in [1.165, 1.54) is 23.0 Å². The van der Waals surface area contributed by atoms with Gasteiger partial charge in [-0.05, 0) is 30.9 Å². The van der Waals surface area contributed by atoms with Crippen molar-refractivity contribution in [3.8, 4) is 11.4 Å². The van der Waals surface area contributed by atoms with Crippen molar-refractivity contribution in [3.05, 3.63) is 36.4 Å². The Bertz CT molecular complexity index is 1020. The summed E-state index contributed by atoms with van der Waals surface area (Å²) >= 11 is 0. The summed E-state index contributed by atoms with van der Waals surface area (Å²) in [7, 11) is 0. The third-order valence-corrected chi connectivity index (χ3v) is 5.39. The summed E-state index contributed by atoms with van der Waals surface area (Å²) in [6.07, 6.45) is 2.43. The average molecular weight is 402 g/mol. The van der Waals surface area contributed by atoms with E-state index in [4.69, 9.17) is 4.74 Å². The minimum absolute atomic E-state index is 0.0504. The van der Waals surface area contributed by atoms with Crippen LogP contribution in [0.25, 0.3) is 17.0 Å². The van der Waals surface area contributed by atoms with E-state index < -0.39 is 6.43 Å². The van der Waals surface area contributed by atoms with Gasteiger partial charge in [0, 0.05) is 19.2 Å². The molecule has 2 atom stereocenters.